The Balaban J connectivity index is 2.00. The van der Waals surface area contributed by atoms with Crippen LogP contribution in [0.2, 0.25) is 0 Å². The summed E-state index contributed by atoms with van der Waals surface area (Å²) in [5.41, 5.74) is -0.188. The molecule has 1 saturated heterocycles. The molecule has 0 bridgehead atoms. The highest BCUT2D eigenvalue weighted by atomic mass is 16.7. The third-order valence-corrected chi connectivity index (χ3v) is 5.41. The second-order valence-electron chi connectivity index (χ2n) is 8.31. The van der Waals surface area contributed by atoms with Gasteiger partial charge in [-0.3, -0.25) is 19.2 Å². The van der Waals surface area contributed by atoms with Gasteiger partial charge >= 0.3 is 23.9 Å². The monoisotopic (exact) mass is 517 g/mol. The normalized spacial score (nSPS) is 23.0. The summed E-state index contributed by atoms with van der Waals surface area (Å²) in [6.07, 6.45) is -5.56. The van der Waals surface area contributed by atoms with Crippen molar-refractivity contribution < 1.29 is 52.8 Å². The average molecular weight is 517 g/mol. The topological polar surface area (TPSA) is 164 Å². The Morgan fingerprint density at radius 2 is 1.51 bits per heavy atom. The van der Waals surface area contributed by atoms with Gasteiger partial charge in [0.1, 0.15) is 30.1 Å². The van der Waals surface area contributed by atoms with E-state index in [0.717, 1.165) is 20.8 Å². The Morgan fingerprint density at radius 1 is 0.865 bits per heavy atom. The van der Waals surface area contributed by atoms with Crippen molar-refractivity contribution in [2.24, 2.45) is 0 Å². The first-order valence-electron chi connectivity index (χ1n) is 11.3. The van der Waals surface area contributed by atoms with Crippen molar-refractivity contribution >= 4 is 40.6 Å². The van der Waals surface area contributed by atoms with Crippen molar-refractivity contribution in [3.8, 4) is 5.75 Å². The predicted octanol–water partition coefficient (Wildman–Crippen LogP) is 1.36. The molecule has 1 heterocycles. The number of phenols is 1. The SMILES string of the molecule is CC(=O)N[C@@H]1[C@H](OC(=O)c2ccc3ccccc3c2O)O[C@H](COC(C)=O)[C@H](OC(C)=O)[C@@H]1OC(C)=O. The van der Waals surface area contributed by atoms with Crippen LogP contribution in [-0.2, 0) is 42.9 Å². The molecule has 1 amide bonds. The summed E-state index contributed by atoms with van der Waals surface area (Å²) in [6, 6.07) is 8.47. The number of hydrogen-bond acceptors (Lipinski definition) is 11. The van der Waals surface area contributed by atoms with Crippen LogP contribution in [0, 0.1) is 0 Å². The number of fused-ring (bicyclic) bond motifs is 1. The second-order valence-corrected chi connectivity index (χ2v) is 8.31. The molecule has 0 radical (unpaired) electrons. The molecular weight excluding hydrogens is 490 g/mol. The van der Waals surface area contributed by atoms with E-state index in [0.29, 0.717) is 10.8 Å². The molecule has 0 aromatic heterocycles. The maximum absolute atomic E-state index is 13.1. The number of benzene rings is 2. The molecule has 2 aromatic carbocycles. The standard InChI is InChI=1S/C25H27NO11/c1-12(27)26-20-23(35-15(4)30)22(34-14(3)29)19(11-33-13(2)28)36-25(20)37-24(32)18-10-9-16-7-5-6-8-17(16)21(18)31/h5-10,19-20,22-23,25,31H,11H2,1-4H3,(H,26,27)/t19-,20+,22+,23-,25+/m1/s1. The van der Waals surface area contributed by atoms with Crippen molar-refractivity contribution in [3.05, 3.63) is 42.0 Å². The largest absolute Gasteiger partial charge is 0.506 e. The van der Waals surface area contributed by atoms with Crippen LogP contribution in [0.1, 0.15) is 38.1 Å². The van der Waals surface area contributed by atoms with E-state index >= 15 is 0 Å². The fraction of sp³-hybridized carbons (Fsp3) is 0.400. The maximum Gasteiger partial charge on any atom is 0.344 e. The Hall–Kier alpha value is -4.19. The van der Waals surface area contributed by atoms with E-state index in [9.17, 15) is 29.1 Å². The molecule has 2 N–H and O–H groups in total. The van der Waals surface area contributed by atoms with Crippen LogP contribution >= 0.6 is 0 Å². The number of amides is 1. The fourth-order valence-corrected chi connectivity index (χ4v) is 3.98. The van der Waals surface area contributed by atoms with Gasteiger partial charge < -0.3 is 34.1 Å². The van der Waals surface area contributed by atoms with Crippen LogP contribution in [0.25, 0.3) is 10.8 Å². The number of carbonyl (C=O) groups excluding carboxylic acids is 5. The van der Waals surface area contributed by atoms with Crippen LogP contribution in [0.15, 0.2) is 36.4 Å². The highest BCUT2D eigenvalue weighted by Gasteiger charge is 2.52. The molecule has 0 unspecified atom stereocenters. The summed E-state index contributed by atoms with van der Waals surface area (Å²) in [4.78, 5) is 60.3. The van der Waals surface area contributed by atoms with Gasteiger partial charge in [0.05, 0.1) is 0 Å². The average Bonchev–Trinajstić information content (AvgIpc) is 2.81. The van der Waals surface area contributed by atoms with Crippen LogP contribution in [0.4, 0.5) is 0 Å². The summed E-state index contributed by atoms with van der Waals surface area (Å²) in [7, 11) is 0. The smallest absolute Gasteiger partial charge is 0.344 e. The Labute approximate surface area is 211 Å². The van der Waals surface area contributed by atoms with Gasteiger partial charge in [0.25, 0.3) is 0 Å². The molecule has 3 rings (SSSR count). The van der Waals surface area contributed by atoms with Gasteiger partial charge in [-0.2, -0.15) is 0 Å². The summed E-state index contributed by atoms with van der Waals surface area (Å²) in [5, 5.41) is 14.3. The third kappa shape index (κ3) is 6.73. The van der Waals surface area contributed by atoms with Crippen molar-refractivity contribution in [2.75, 3.05) is 6.61 Å². The van der Waals surface area contributed by atoms with Gasteiger partial charge in [-0.15, -0.1) is 0 Å². The molecule has 0 saturated carbocycles. The summed E-state index contributed by atoms with van der Waals surface area (Å²) >= 11 is 0. The van der Waals surface area contributed by atoms with Gasteiger partial charge in [-0.05, 0) is 11.5 Å². The molecular formula is C25H27NO11. The van der Waals surface area contributed by atoms with Crippen LogP contribution in [0.5, 0.6) is 5.75 Å². The first kappa shape index (κ1) is 27.4. The van der Waals surface area contributed by atoms with E-state index in [1.807, 2.05) is 0 Å². The molecule has 37 heavy (non-hydrogen) atoms. The molecule has 1 aliphatic rings. The molecule has 5 atom stereocenters. The van der Waals surface area contributed by atoms with Gasteiger partial charge in [0.15, 0.2) is 12.2 Å². The van der Waals surface area contributed by atoms with Crippen LogP contribution < -0.4 is 5.32 Å². The minimum absolute atomic E-state index is 0.188. The molecule has 12 nitrogen and oxygen atoms in total. The van der Waals surface area contributed by atoms with Gasteiger partial charge in [-0.1, -0.05) is 30.3 Å². The van der Waals surface area contributed by atoms with Gasteiger partial charge in [0, 0.05) is 33.1 Å². The second kappa shape index (κ2) is 11.7. The molecule has 1 fully saturated rings. The number of esters is 4. The number of nitrogens with one attached hydrogen (secondary N) is 1. The maximum atomic E-state index is 13.1. The first-order chi connectivity index (χ1) is 17.5. The lowest BCUT2D eigenvalue weighted by molar-refractivity contribution is -0.263. The zero-order valence-corrected chi connectivity index (χ0v) is 20.6. The molecule has 1 aliphatic heterocycles. The zero-order valence-electron chi connectivity index (χ0n) is 20.6. The lowest BCUT2D eigenvalue weighted by Gasteiger charge is -2.44. The van der Waals surface area contributed by atoms with Crippen LogP contribution in [0.3, 0.4) is 0 Å². The third-order valence-electron chi connectivity index (χ3n) is 5.41. The fourth-order valence-electron chi connectivity index (χ4n) is 3.98. The van der Waals surface area contributed by atoms with E-state index in [1.165, 1.54) is 13.0 Å². The van der Waals surface area contributed by atoms with Crippen molar-refractivity contribution in [2.45, 2.75) is 58.3 Å². The summed E-state index contributed by atoms with van der Waals surface area (Å²) in [5.74, 6) is -4.17. The number of hydrogen-bond donors (Lipinski definition) is 2. The summed E-state index contributed by atoms with van der Waals surface area (Å²) < 4.78 is 27.0. The molecule has 12 heteroatoms. The lowest BCUT2D eigenvalue weighted by Crippen LogP contribution is -2.66. The van der Waals surface area contributed by atoms with E-state index in [2.05, 4.69) is 5.32 Å². The van der Waals surface area contributed by atoms with E-state index in [4.69, 9.17) is 23.7 Å². The van der Waals surface area contributed by atoms with E-state index in [1.54, 1.807) is 30.3 Å². The Kier molecular flexibility index (Phi) is 8.66. The molecule has 2 aromatic rings. The minimum atomic E-state index is -1.60. The van der Waals surface area contributed by atoms with E-state index in [-0.39, 0.29) is 11.3 Å². The number of ether oxygens (including phenoxy) is 5. The number of carbonyl (C=O) groups is 5. The van der Waals surface area contributed by atoms with Gasteiger partial charge in [0.2, 0.25) is 12.2 Å². The number of phenolic OH excluding ortho intramolecular Hbond substituents is 1. The summed E-state index contributed by atoms with van der Waals surface area (Å²) in [6.45, 7) is 4.07. The lowest BCUT2D eigenvalue weighted by atomic mass is 9.96. The minimum Gasteiger partial charge on any atom is -0.506 e. The zero-order chi connectivity index (χ0) is 27.3. The quantitative estimate of drug-likeness (QED) is 0.402. The van der Waals surface area contributed by atoms with Crippen molar-refractivity contribution in [1.82, 2.24) is 5.32 Å². The molecule has 0 spiro atoms. The van der Waals surface area contributed by atoms with Crippen molar-refractivity contribution in [1.29, 1.82) is 0 Å². The Morgan fingerprint density at radius 3 is 2.14 bits per heavy atom. The molecule has 198 valence electrons. The van der Waals surface area contributed by atoms with E-state index < -0.39 is 67.0 Å². The first-order valence-corrected chi connectivity index (χ1v) is 11.3. The highest BCUT2D eigenvalue weighted by Crippen LogP contribution is 2.32. The molecule has 0 aliphatic carbocycles. The highest BCUT2D eigenvalue weighted by molar-refractivity contribution is 6.01. The van der Waals surface area contributed by atoms with Crippen LogP contribution in [-0.4, -0.2) is 72.1 Å². The number of aromatic hydroxyl groups is 1. The van der Waals surface area contributed by atoms with Crippen molar-refractivity contribution in [3.63, 3.8) is 0 Å². The number of rotatable bonds is 7. The Bertz CT molecular complexity index is 1210. The van der Waals surface area contributed by atoms with Gasteiger partial charge in [-0.25, -0.2) is 4.79 Å². The predicted molar refractivity (Wildman–Crippen MR) is 125 cm³/mol.